The summed E-state index contributed by atoms with van der Waals surface area (Å²) in [6.45, 7) is 9.36. The van der Waals surface area contributed by atoms with E-state index in [1.54, 1.807) is 0 Å². The lowest BCUT2D eigenvalue weighted by atomic mass is 9.89. The third-order valence-corrected chi connectivity index (χ3v) is 4.39. The summed E-state index contributed by atoms with van der Waals surface area (Å²) in [5.74, 6) is 0.981. The van der Waals surface area contributed by atoms with Crippen molar-refractivity contribution in [3.63, 3.8) is 0 Å². The zero-order valence-corrected chi connectivity index (χ0v) is 9.26. The molecule has 0 aliphatic carbocycles. The van der Waals surface area contributed by atoms with Gasteiger partial charge in [0.05, 0.1) is 25.7 Å². The largest absolute Gasteiger partial charge is 0.321 e. The van der Waals surface area contributed by atoms with Gasteiger partial charge in [-0.15, -0.1) is 0 Å². The molecule has 0 radical (unpaired) electrons. The van der Waals surface area contributed by atoms with Gasteiger partial charge in [-0.3, -0.25) is 0 Å². The molecular weight excluding hydrogens is 158 g/mol. The fourth-order valence-electron chi connectivity index (χ4n) is 3.46. The number of quaternary nitrogens is 1. The average molecular weight is 182 g/mol. The van der Waals surface area contributed by atoms with Crippen LogP contribution in [0.1, 0.15) is 46.0 Å². The Morgan fingerprint density at radius 1 is 0.923 bits per heavy atom. The number of hydrogen-bond acceptors (Lipinski definition) is 0. The van der Waals surface area contributed by atoms with Crippen molar-refractivity contribution >= 4 is 0 Å². The van der Waals surface area contributed by atoms with Crippen LogP contribution in [0.4, 0.5) is 0 Å². The van der Waals surface area contributed by atoms with Crippen molar-refractivity contribution in [3.8, 4) is 0 Å². The van der Waals surface area contributed by atoms with Gasteiger partial charge < -0.3 is 4.48 Å². The Morgan fingerprint density at radius 2 is 1.62 bits per heavy atom. The van der Waals surface area contributed by atoms with Gasteiger partial charge in [0.15, 0.2) is 0 Å². The fourth-order valence-corrected chi connectivity index (χ4v) is 3.46. The van der Waals surface area contributed by atoms with Crippen LogP contribution >= 0.6 is 0 Å². The third-order valence-electron chi connectivity index (χ3n) is 4.39. The number of piperidine rings is 2. The molecule has 2 saturated heterocycles. The van der Waals surface area contributed by atoms with Gasteiger partial charge in [0, 0.05) is 5.92 Å². The zero-order valence-electron chi connectivity index (χ0n) is 9.26. The number of rotatable bonds is 0. The Labute approximate surface area is 82.7 Å². The highest BCUT2D eigenvalue weighted by Gasteiger charge is 2.39. The molecule has 0 aromatic heterocycles. The smallest absolute Gasteiger partial charge is 0.0862 e. The van der Waals surface area contributed by atoms with Crippen LogP contribution in [0.15, 0.2) is 0 Å². The predicted octanol–water partition coefficient (Wildman–Crippen LogP) is 2.81. The minimum Gasteiger partial charge on any atom is -0.321 e. The molecule has 0 saturated carbocycles. The van der Waals surface area contributed by atoms with Crippen LogP contribution < -0.4 is 0 Å². The van der Waals surface area contributed by atoms with E-state index < -0.39 is 0 Å². The van der Waals surface area contributed by atoms with E-state index in [2.05, 4.69) is 13.8 Å². The van der Waals surface area contributed by atoms with Crippen molar-refractivity contribution in [3.05, 3.63) is 0 Å². The van der Waals surface area contributed by atoms with E-state index in [1.165, 1.54) is 56.2 Å². The first-order valence-corrected chi connectivity index (χ1v) is 6.09. The monoisotopic (exact) mass is 182 g/mol. The molecule has 2 heterocycles. The third kappa shape index (κ3) is 1.76. The summed E-state index contributed by atoms with van der Waals surface area (Å²) >= 11 is 0. The summed E-state index contributed by atoms with van der Waals surface area (Å²) in [4.78, 5) is 0. The van der Waals surface area contributed by atoms with Crippen molar-refractivity contribution < 1.29 is 4.48 Å². The molecular formula is C12H24N+. The topological polar surface area (TPSA) is 0 Å². The molecule has 2 fully saturated rings. The molecule has 1 spiro atoms. The zero-order chi connectivity index (χ0) is 9.31. The molecule has 13 heavy (non-hydrogen) atoms. The molecule has 0 aromatic rings. The highest BCUT2D eigenvalue weighted by atomic mass is 15.4. The van der Waals surface area contributed by atoms with E-state index in [1.807, 2.05) is 0 Å². The van der Waals surface area contributed by atoms with Gasteiger partial charge in [0.25, 0.3) is 0 Å². The highest BCUT2D eigenvalue weighted by molar-refractivity contribution is 4.69. The van der Waals surface area contributed by atoms with Crippen molar-refractivity contribution in [2.45, 2.75) is 52.0 Å². The van der Waals surface area contributed by atoms with Crippen LogP contribution in [0.5, 0.6) is 0 Å². The molecule has 1 nitrogen and oxygen atoms in total. The maximum atomic E-state index is 2.48. The van der Waals surface area contributed by atoms with Crippen LogP contribution in [0.2, 0.25) is 0 Å². The van der Waals surface area contributed by atoms with Crippen LogP contribution in [-0.2, 0) is 0 Å². The minimum absolute atomic E-state index is 0.955. The van der Waals surface area contributed by atoms with Crippen LogP contribution in [0, 0.1) is 5.92 Å². The first-order valence-electron chi connectivity index (χ1n) is 6.09. The molecule has 2 aliphatic heterocycles. The molecule has 0 N–H and O–H groups in total. The van der Waals surface area contributed by atoms with Crippen molar-refractivity contribution in [2.24, 2.45) is 5.92 Å². The Balaban J connectivity index is 2.07. The molecule has 2 rings (SSSR count). The van der Waals surface area contributed by atoms with E-state index in [9.17, 15) is 0 Å². The maximum absolute atomic E-state index is 2.48. The molecule has 76 valence electrons. The Hall–Kier alpha value is -0.0400. The van der Waals surface area contributed by atoms with E-state index in [-0.39, 0.29) is 0 Å². The number of hydrogen-bond donors (Lipinski definition) is 0. The molecule has 2 unspecified atom stereocenters. The quantitative estimate of drug-likeness (QED) is 0.505. The standard InChI is InChI=1S/C12H24N/c1-11-6-7-12(2)13(10-11)8-4-3-5-9-13/h11-12H,3-10H2,1-2H3/q+1. The van der Waals surface area contributed by atoms with Crippen molar-refractivity contribution in [2.75, 3.05) is 19.6 Å². The summed E-state index contributed by atoms with van der Waals surface area (Å²) in [5.41, 5.74) is 0. The number of nitrogens with zero attached hydrogens (tertiary/aromatic N) is 1. The first kappa shape index (κ1) is 9.51. The maximum Gasteiger partial charge on any atom is 0.0862 e. The second-order valence-electron chi connectivity index (χ2n) is 5.44. The van der Waals surface area contributed by atoms with Gasteiger partial charge in [0.1, 0.15) is 0 Å². The summed E-state index contributed by atoms with van der Waals surface area (Å²) in [7, 11) is 0. The van der Waals surface area contributed by atoms with Gasteiger partial charge in [-0.1, -0.05) is 6.92 Å². The average Bonchev–Trinajstić information content (AvgIpc) is 2.14. The van der Waals surface area contributed by atoms with Crippen molar-refractivity contribution in [1.29, 1.82) is 0 Å². The van der Waals surface area contributed by atoms with E-state index in [4.69, 9.17) is 0 Å². The first-order chi connectivity index (χ1) is 6.23. The molecule has 0 amide bonds. The molecule has 2 atom stereocenters. The van der Waals surface area contributed by atoms with Gasteiger partial charge in [-0.25, -0.2) is 0 Å². The van der Waals surface area contributed by atoms with E-state index >= 15 is 0 Å². The van der Waals surface area contributed by atoms with Crippen molar-refractivity contribution in [1.82, 2.24) is 0 Å². The summed E-state index contributed by atoms with van der Waals surface area (Å²) < 4.78 is 1.47. The summed E-state index contributed by atoms with van der Waals surface area (Å²) in [6.07, 6.45) is 7.40. The Bertz CT molecular complexity index is 170. The van der Waals surface area contributed by atoms with E-state index in [0.717, 1.165) is 12.0 Å². The Morgan fingerprint density at radius 3 is 2.31 bits per heavy atom. The molecule has 0 bridgehead atoms. The summed E-state index contributed by atoms with van der Waals surface area (Å²) in [6, 6.07) is 0.955. The van der Waals surface area contributed by atoms with Gasteiger partial charge in [0.2, 0.25) is 0 Å². The normalized spacial score (nSPS) is 39.2. The lowest BCUT2D eigenvalue weighted by molar-refractivity contribution is -0.961. The highest BCUT2D eigenvalue weighted by Crippen LogP contribution is 2.32. The second kappa shape index (κ2) is 3.61. The minimum atomic E-state index is 0.955. The van der Waals surface area contributed by atoms with Crippen LogP contribution in [0.25, 0.3) is 0 Å². The van der Waals surface area contributed by atoms with Gasteiger partial charge >= 0.3 is 0 Å². The fraction of sp³-hybridized carbons (Fsp3) is 1.00. The van der Waals surface area contributed by atoms with Gasteiger partial charge in [-0.2, -0.15) is 0 Å². The van der Waals surface area contributed by atoms with Crippen LogP contribution in [0.3, 0.4) is 0 Å². The Kier molecular flexibility index (Phi) is 2.64. The lowest BCUT2D eigenvalue weighted by Gasteiger charge is -2.50. The van der Waals surface area contributed by atoms with Crippen LogP contribution in [-0.4, -0.2) is 30.2 Å². The SMILES string of the molecule is CC1CCC(C)[N+]2(CCCCC2)C1. The lowest BCUT2D eigenvalue weighted by Crippen LogP contribution is -2.61. The molecule has 1 heteroatoms. The second-order valence-corrected chi connectivity index (χ2v) is 5.44. The molecule has 0 aromatic carbocycles. The van der Waals surface area contributed by atoms with Gasteiger partial charge in [-0.05, 0) is 39.0 Å². The van der Waals surface area contributed by atoms with E-state index in [0.29, 0.717) is 0 Å². The molecule has 2 aliphatic rings. The predicted molar refractivity (Wildman–Crippen MR) is 56.6 cm³/mol. The summed E-state index contributed by atoms with van der Waals surface area (Å²) in [5, 5.41) is 0.